The maximum atomic E-state index is 12.7. The molecule has 2 aromatic rings. The van der Waals surface area contributed by atoms with Gasteiger partial charge in [0, 0.05) is 55.8 Å². The molecule has 0 bridgehead atoms. The Hall–Kier alpha value is -2.05. The van der Waals surface area contributed by atoms with E-state index in [4.69, 9.17) is 4.74 Å². The number of rotatable bonds is 6. The van der Waals surface area contributed by atoms with E-state index in [1.807, 2.05) is 28.4 Å². The summed E-state index contributed by atoms with van der Waals surface area (Å²) in [5.41, 5.74) is 1.20. The molecule has 0 saturated carbocycles. The molecule has 6 heteroatoms. The van der Waals surface area contributed by atoms with Crippen LogP contribution < -0.4 is 9.64 Å². The molecule has 2 aliphatic heterocycles. The molecule has 0 unspecified atom stereocenters. The number of amides is 1. The third-order valence-electron chi connectivity index (χ3n) is 5.92. The molecule has 2 aliphatic rings. The Balaban J connectivity index is 1.25. The van der Waals surface area contributed by atoms with Crippen LogP contribution in [0, 0.1) is 0 Å². The highest BCUT2D eigenvalue weighted by Crippen LogP contribution is 2.34. The molecule has 1 aromatic carbocycles. The molecule has 1 aromatic heterocycles. The average Bonchev–Trinajstić information content (AvgIpc) is 3.43. The first-order valence-corrected chi connectivity index (χ1v) is 11.1. The minimum atomic E-state index is 0.297. The van der Waals surface area contributed by atoms with Crippen LogP contribution in [-0.4, -0.2) is 62.1 Å². The predicted octanol–water partition coefficient (Wildman–Crippen LogP) is 3.63. The number of hydrogen-bond acceptors (Lipinski definition) is 5. The van der Waals surface area contributed by atoms with Crippen molar-refractivity contribution >= 4 is 22.9 Å². The minimum Gasteiger partial charge on any atom is -0.497 e. The largest absolute Gasteiger partial charge is 0.497 e. The Bertz CT molecular complexity index is 755. The minimum absolute atomic E-state index is 0.297. The van der Waals surface area contributed by atoms with Crippen LogP contribution in [0.15, 0.2) is 41.8 Å². The Kier molecular flexibility index (Phi) is 6.17. The van der Waals surface area contributed by atoms with Crippen LogP contribution in [0.25, 0.3) is 0 Å². The number of likely N-dealkylation sites (tertiary alicyclic amines) is 1. The van der Waals surface area contributed by atoms with Crippen molar-refractivity contribution < 1.29 is 9.53 Å². The summed E-state index contributed by atoms with van der Waals surface area (Å²) in [6.07, 6.45) is 3.08. The van der Waals surface area contributed by atoms with Gasteiger partial charge in [0.2, 0.25) is 5.91 Å². The molecule has 1 atom stereocenters. The summed E-state index contributed by atoms with van der Waals surface area (Å²) >= 11 is 1.84. The van der Waals surface area contributed by atoms with E-state index in [9.17, 15) is 4.79 Å². The van der Waals surface area contributed by atoms with Crippen molar-refractivity contribution in [3.05, 3.63) is 46.7 Å². The van der Waals surface area contributed by atoms with Gasteiger partial charge in [-0.15, -0.1) is 11.3 Å². The van der Waals surface area contributed by atoms with Gasteiger partial charge >= 0.3 is 0 Å². The van der Waals surface area contributed by atoms with Crippen LogP contribution in [-0.2, 0) is 4.79 Å². The summed E-state index contributed by atoms with van der Waals surface area (Å²) in [4.78, 5) is 21.1. The second kappa shape index (κ2) is 8.97. The average molecular weight is 400 g/mol. The molecular formula is C22H29N3O2S. The zero-order chi connectivity index (χ0) is 19.3. The van der Waals surface area contributed by atoms with Crippen molar-refractivity contribution in [2.45, 2.75) is 25.3 Å². The van der Waals surface area contributed by atoms with Crippen LogP contribution >= 0.6 is 11.3 Å². The van der Waals surface area contributed by atoms with Crippen LogP contribution in [0.4, 0.5) is 5.69 Å². The summed E-state index contributed by atoms with van der Waals surface area (Å²) < 4.78 is 5.23. The van der Waals surface area contributed by atoms with Crippen molar-refractivity contribution in [1.29, 1.82) is 0 Å². The fourth-order valence-electron chi connectivity index (χ4n) is 4.30. The highest BCUT2D eigenvalue weighted by molar-refractivity contribution is 7.10. The first-order valence-electron chi connectivity index (χ1n) is 10.2. The van der Waals surface area contributed by atoms with Crippen molar-refractivity contribution in [3.8, 4) is 5.75 Å². The van der Waals surface area contributed by atoms with Gasteiger partial charge in [-0.05, 0) is 55.1 Å². The number of carbonyl (C=O) groups is 1. The van der Waals surface area contributed by atoms with Gasteiger partial charge in [-0.25, -0.2) is 0 Å². The maximum absolute atomic E-state index is 12.7. The summed E-state index contributed by atoms with van der Waals surface area (Å²) in [7, 11) is 1.68. The third kappa shape index (κ3) is 4.33. The number of benzene rings is 1. The smallest absolute Gasteiger partial charge is 0.223 e. The lowest BCUT2D eigenvalue weighted by atomic mass is 10.2. The van der Waals surface area contributed by atoms with Crippen molar-refractivity contribution in [1.82, 2.24) is 9.80 Å². The molecule has 150 valence electrons. The monoisotopic (exact) mass is 399 g/mol. The van der Waals surface area contributed by atoms with E-state index in [1.165, 1.54) is 23.4 Å². The first-order chi connectivity index (χ1) is 13.7. The normalized spacial score (nSPS) is 20.5. The fraction of sp³-hybridized carbons (Fsp3) is 0.500. The van der Waals surface area contributed by atoms with Gasteiger partial charge < -0.3 is 14.5 Å². The molecule has 0 N–H and O–H groups in total. The Labute approximate surface area is 171 Å². The Morgan fingerprint density at radius 3 is 2.57 bits per heavy atom. The number of piperazine rings is 1. The number of anilines is 1. The van der Waals surface area contributed by atoms with Gasteiger partial charge in [0.25, 0.3) is 0 Å². The number of nitrogens with zero attached hydrogens (tertiary/aromatic N) is 3. The Morgan fingerprint density at radius 1 is 1.11 bits per heavy atom. The van der Waals surface area contributed by atoms with Gasteiger partial charge in [0.1, 0.15) is 5.75 Å². The number of methoxy groups -OCH3 is 1. The van der Waals surface area contributed by atoms with Crippen LogP contribution in [0.5, 0.6) is 5.75 Å². The quantitative estimate of drug-likeness (QED) is 0.743. The van der Waals surface area contributed by atoms with E-state index < -0.39 is 0 Å². The molecular weight excluding hydrogens is 370 g/mol. The predicted molar refractivity (Wildman–Crippen MR) is 114 cm³/mol. The van der Waals surface area contributed by atoms with E-state index in [0.29, 0.717) is 18.4 Å². The summed E-state index contributed by atoms with van der Waals surface area (Å²) in [5.74, 6) is 1.17. The van der Waals surface area contributed by atoms with E-state index in [1.54, 1.807) is 7.11 Å². The zero-order valence-corrected chi connectivity index (χ0v) is 17.4. The van der Waals surface area contributed by atoms with Crippen molar-refractivity contribution in [3.63, 3.8) is 0 Å². The van der Waals surface area contributed by atoms with Crippen molar-refractivity contribution in [2.24, 2.45) is 0 Å². The van der Waals surface area contributed by atoms with Crippen LogP contribution in [0.3, 0.4) is 0 Å². The van der Waals surface area contributed by atoms with Gasteiger partial charge in [0.05, 0.1) is 7.11 Å². The number of ether oxygens (including phenoxy) is 1. The fourth-order valence-corrected chi connectivity index (χ4v) is 5.20. The summed E-state index contributed by atoms with van der Waals surface area (Å²) in [6, 6.07) is 13.0. The number of hydrogen-bond donors (Lipinski definition) is 0. The highest BCUT2D eigenvalue weighted by atomic mass is 32.1. The molecule has 28 heavy (non-hydrogen) atoms. The molecule has 4 rings (SSSR count). The lowest BCUT2D eigenvalue weighted by molar-refractivity contribution is -0.131. The third-order valence-corrected chi connectivity index (χ3v) is 6.89. The van der Waals surface area contributed by atoms with E-state index in [0.717, 1.165) is 45.0 Å². The maximum Gasteiger partial charge on any atom is 0.223 e. The van der Waals surface area contributed by atoms with E-state index >= 15 is 0 Å². The molecule has 5 nitrogen and oxygen atoms in total. The highest BCUT2D eigenvalue weighted by Gasteiger charge is 2.28. The summed E-state index contributed by atoms with van der Waals surface area (Å²) in [5, 5.41) is 2.15. The zero-order valence-electron chi connectivity index (χ0n) is 16.5. The standard InChI is InChI=1S/C22H29N3O2S/c1-27-19-8-6-18(7-9-19)23-13-15-25(16-14-23)22(26)10-12-24-11-2-4-20(24)21-5-3-17-28-21/h3,5-9,17,20H,2,4,10-16H2,1H3/t20-/m1/s1. The second-order valence-corrected chi connectivity index (χ2v) is 8.50. The van der Waals surface area contributed by atoms with Gasteiger partial charge in [0.15, 0.2) is 0 Å². The van der Waals surface area contributed by atoms with Gasteiger partial charge in [-0.2, -0.15) is 0 Å². The van der Waals surface area contributed by atoms with E-state index in [2.05, 4.69) is 39.4 Å². The van der Waals surface area contributed by atoms with Crippen LogP contribution in [0.1, 0.15) is 30.2 Å². The van der Waals surface area contributed by atoms with Crippen molar-refractivity contribution in [2.75, 3.05) is 51.3 Å². The van der Waals surface area contributed by atoms with Gasteiger partial charge in [-0.1, -0.05) is 6.07 Å². The summed E-state index contributed by atoms with van der Waals surface area (Å²) in [6.45, 7) is 5.37. The molecule has 2 saturated heterocycles. The molecule has 0 radical (unpaired) electrons. The molecule has 0 spiro atoms. The number of carbonyl (C=O) groups excluding carboxylic acids is 1. The van der Waals surface area contributed by atoms with E-state index in [-0.39, 0.29) is 0 Å². The SMILES string of the molecule is COc1ccc(N2CCN(C(=O)CCN3CCC[C@@H]3c3cccs3)CC2)cc1. The lowest BCUT2D eigenvalue weighted by Crippen LogP contribution is -2.49. The molecule has 2 fully saturated rings. The lowest BCUT2D eigenvalue weighted by Gasteiger charge is -2.36. The number of thiophene rings is 1. The second-order valence-electron chi connectivity index (χ2n) is 7.53. The Morgan fingerprint density at radius 2 is 1.89 bits per heavy atom. The van der Waals surface area contributed by atoms with Gasteiger partial charge in [-0.3, -0.25) is 9.69 Å². The molecule has 3 heterocycles. The van der Waals surface area contributed by atoms with Crippen LogP contribution in [0.2, 0.25) is 0 Å². The molecule has 0 aliphatic carbocycles. The topological polar surface area (TPSA) is 36.0 Å². The molecule has 1 amide bonds. The first kappa shape index (κ1) is 19.3.